The molecule has 0 radical (unpaired) electrons. The fraction of sp³-hybridized carbons (Fsp3) is 0.462. The van der Waals surface area contributed by atoms with Gasteiger partial charge in [-0.15, -0.1) is 0 Å². The number of benzene rings is 1. The summed E-state index contributed by atoms with van der Waals surface area (Å²) in [4.78, 5) is 12.2. The molecule has 4 N–H and O–H groups in total. The SMILES string of the molecule is COc1ccccc1C(=O)CC1(C(F)(F)F)[NH2+]CC[NH2+]1. The van der Waals surface area contributed by atoms with Gasteiger partial charge in [0.15, 0.2) is 5.78 Å². The van der Waals surface area contributed by atoms with Crippen LogP contribution in [0.2, 0.25) is 0 Å². The Morgan fingerprint density at radius 3 is 2.45 bits per heavy atom. The van der Waals surface area contributed by atoms with Crippen LogP contribution < -0.4 is 15.4 Å². The first kappa shape index (κ1) is 14.8. The van der Waals surface area contributed by atoms with Gasteiger partial charge in [-0.3, -0.25) is 15.4 Å². The second kappa shape index (κ2) is 5.41. The second-order valence-corrected chi connectivity index (χ2v) is 4.82. The molecule has 1 aromatic carbocycles. The number of alkyl halides is 3. The van der Waals surface area contributed by atoms with Gasteiger partial charge in [0.05, 0.1) is 12.7 Å². The highest BCUT2D eigenvalue weighted by atomic mass is 19.4. The molecule has 0 aliphatic carbocycles. The summed E-state index contributed by atoms with van der Waals surface area (Å²) in [6, 6.07) is 6.33. The molecule has 1 aliphatic rings. The van der Waals surface area contributed by atoms with Gasteiger partial charge in [0.1, 0.15) is 25.3 Å². The molecule has 1 heterocycles. The van der Waals surface area contributed by atoms with Crippen molar-refractivity contribution < 1.29 is 33.3 Å². The third kappa shape index (κ3) is 2.64. The Labute approximate surface area is 114 Å². The molecule has 4 nitrogen and oxygen atoms in total. The van der Waals surface area contributed by atoms with Crippen LogP contribution in [0.15, 0.2) is 24.3 Å². The van der Waals surface area contributed by atoms with E-state index >= 15 is 0 Å². The van der Waals surface area contributed by atoms with Crippen molar-refractivity contribution in [2.24, 2.45) is 0 Å². The molecule has 0 bridgehead atoms. The predicted octanol–water partition coefficient (Wildman–Crippen LogP) is -0.333. The van der Waals surface area contributed by atoms with Crippen LogP contribution >= 0.6 is 0 Å². The van der Waals surface area contributed by atoms with Gasteiger partial charge < -0.3 is 4.74 Å². The number of hydrogen-bond acceptors (Lipinski definition) is 2. The highest BCUT2D eigenvalue weighted by molar-refractivity contribution is 5.99. The maximum Gasteiger partial charge on any atom is 0.503 e. The second-order valence-electron chi connectivity index (χ2n) is 4.82. The van der Waals surface area contributed by atoms with Gasteiger partial charge in [-0.05, 0) is 12.1 Å². The first-order valence-electron chi connectivity index (χ1n) is 6.31. The Bertz CT molecular complexity index is 497. The topological polar surface area (TPSA) is 59.5 Å². The van der Waals surface area contributed by atoms with Crippen LogP contribution in [0.1, 0.15) is 16.8 Å². The van der Waals surface area contributed by atoms with Crippen molar-refractivity contribution >= 4 is 5.78 Å². The van der Waals surface area contributed by atoms with Gasteiger partial charge in [-0.2, -0.15) is 13.2 Å². The monoisotopic (exact) mass is 290 g/mol. The minimum Gasteiger partial charge on any atom is -0.496 e. The minimum atomic E-state index is -4.44. The quantitative estimate of drug-likeness (QED) is 0.746. The molecule has 0 amide bonds. The molecule has 1 aromatic rings. The molecule has 1 aliphatic heterocycles. The maximum absolute atomic E-state index is 13.2. The van der Waals surface area contributed by atoms with Crippen molar-refractivity contribution in [3.8, 4) is 5.75 Å². The van der Waals surface area contributed by atoms with Crippen LogP contribution in [0.5, 0.6) is 5.75 Å². The van der Waals surface area contributed by atoms with Gasteiger partial charge in [0.25, 0.3) is 0 Å². The molecule has 0 aromatic heterocycles. The van der Waals surface area contributed by atoms with Crippen molar-refractivity contribution in [3.63, 3.8) is 0 Å². The maximum atomic E-state index is 13.2. The summed E-state index contributed by atoms with van der Waals surface area (Å²) in [5.74, 6) is -0.262. The van der Waals surface area contributed by atoms with E-state index in [4.69, 9.17) is 4.74 Å². The van der Waals surface area contributed by atoms with Crippen LogP contribution in [0.25, 0.3) is 0 Å². The average molecular weight is 290 g/mol. The van der Waals surface area contributed by atoms with E-state index in [9.17, 15) is 18.0 Å². The van der Waals surface area contributed by atoms with Crippen LogP contribution in [0, 0.1) is 0 Å². The van der Waals surface area contributed by atoms with Crippen LogP contribution in [-0.2, 0) is 0 Å². The Balaban J connectivity index is 2.26. The first-order valence-corrected chi connectivity index (χ1v) is 6.31. The summed E-state index contributed by atoms with van der Waals surface area (Å²) in [5.41, 5.74) is -1.92. The van der Waals surface area contributed by atoms with Crippen molar-refractivity contribution in [1.29, 1.82) is 0 Å². The summed E-state index contributed by atoms with van der Waals surface area (Å²) in [7, 11) is 1.39. The highest BCUT2D eigenvalue weighted by Gasteiger charge is 2.65. The van der Waals surface area contributed by atoms with E-state index < -0.39 is 24.0 Å². The summed E-state index contributed by atoms with van der Waals surface area (Å²) in [6.07, 6.45) is -5.04. The third-order valence-electron chi connectivity index (χ3n) is 3.57. The number of ketones is 1. The summed E-state index contributed by atoms with van der Waals surface area (Å²) in [6.45, 7) is 0.692. The Morgan fingerprint density at radius 2 is 1.90 bits per heavy atom. The van der Waals surface area contributed by atoms with E-state index in [2.05, 4.69) is 0 Å². The Hall–Kier alpha value is -1.60. The number of carbonyl (C=O) groups is 1. The smallest absolute Gasteiger partial charge is 0.496 e. The van der Waals surface area contributed by atoms with E-state index in [1.165, 1.54) is 23.8 Å². The zero-order valence-electron chi connectivity index (χ0n) is 11.0. The molecule has 110 valence electrons. The fourth-order valence-electron chi connectivity index (χ4n) is 2.48. The van der Waals surface area contributed by atoms with E-state index in [0.29, 0.717) is 18.8 Å². The van der Waals surface area contributed by atoms with Gasteiger partial charge in [-0.1, -0.05) is 12.1 Å². The fourth-order valence-corrected chi connectivity index (χ4v) is 2.48. The van der Waals surface area contributed by atoms with Gasteiger partial charge in [-0.25, -0.2) is 0 Å². The Morgan fingerprint density at radius 1 is 1.30 bits per heavy atom. The average Bonchev–Trinajstić information content (AvgIpc) is 2.88. The molecule has 1 saturated heterocycles. The first-order chi connectivity index (χ1) is 9.39. The van der Waals surface area contributed by atoms with E-state index in [1.807, 2.05) is 0 Å². The third-order valence-corrected chi connectivity index (χ3v) is 3.57. The molecule has 2 rings (SSSR count). The number of methoxy groups -OCH3 is 1. The lowest BCUT2D eigenvalue weighted by atomic mass is 9.97. The summed E-state index contributed by atoms with van der Waals surface area (Å²) >= 11 is 0. The largest absolute Gasteiger partial charge is 0.503 e. The number of nitrogens with two attached hydrogens (primary N) is 2. The number of Topliss-reactive ketones (excluding diaryl/α,β-unsaturated/α-hetero) is 1. The summed E-state index contributed by atoms with van der Waals surface area (Å²) < 4.78 is 44.7. The molecule has 7 heteroatoms. The molecule has 0 spiro atoms. The molecule has 0 unspecified atom stereocenters. The number of para-hydroxylation sites is 1. The van der Waals surface area contributed by atoms with Crippen molar-refractivity contribution in [2.45, 2.75) is 18.3 Å². The van der Waals surface area contributed by atoms with Gasteiger partial charge >= 0.3 is 11.8 Å². The van der Waals surface area contributed by atoms with Crippen molar-refractivity contribution in [2.75, 3.05) is 20.2 Å². The molecule has 0 atom stereocenters. The molecular formula is C13H17F3N2O2+2. The lowest BCUT2D eigenvalue weighted by molar-refractivity contribution is -0.911. The highest BCUT2D eigenvalue weighted by Crippen LogP contribution is 2.28. The van der Waals surface area contributed by atoms with E-state index in [0.717, 1.165) is 0 Å². The van der Waals surface area contributed by atoms with E-state index in [1.54, 1.807) is 18.2 Å². The zero-order chi connectivity index (χ0) is 14.8. The lowest BCUT2D eigenvalue weighted by Crippen LogP contribution is -3.15. The number of quaternary nitrogens is 2. The van der Waals surface area contributed by atoms with Gasteiger partial charge in [0, 0.05) is 0 Å². The standard InChI is InChI=1S/C13H15F3N2O2/c1-20-11-5-3-2-4-9(11)10(19)8-12(13(14,15)16)17-6-7-18-12/h2-5,17-18H,6-8H2,1H3/p+2. The normalized spacial score (nSPS) is 18.0. The van der Waals surface area contributed by atoms with Gasteiger partial charge in [0.2, 0.25) is 0 Å². The van der Waals surface area contributed by atoms with Crippen LogP contribution in [0.3, 0.4) is 0 Å². The summed E-state index contributed by atoms with van der Waals surface area (Å²) in [5, 5.41) is 2.39. The molecule has 1 fully saturated rings. The number of rotatable bonds is 4. The lowest BCUT2D eigenvalue weighted by Gasteiger charge is -2.24. The van der Waals surface area contributed by atoms with Crippen molar-refractivity contribution in [1.82, 2.24) is 0 Å². The number of carbonyl (C=O) groups excluding carboxylic acids is 1. The predicted molar refractivity (Wildman–Crippen MR) is 64.3 cm³/mol. The number of halogens is 3. The van der Waals surface area contributed by atoms with Crippen LogP contribution in [-0.4, -0.2) is 37.8 Å². The number of ether oxygens (including phenoxy) is 1. The number of hydrogen-bond donors (Lipinski definition) is 2. The van der Waals surface area contributed by atoms with E-state index in [-0.39, 0.29) is 5.56 Å². The van der Waals surface area contributed by atoms with Crippen molar-refractivity contribution in [3.05, 3.63) is 29.8 Å². The zero-order valence-corrected chi connectivity index (χ0v) is 11.0. The molecule has 20 heavy (non-hydrogen) atoms. The Kier molecular flexibility index (Phi) is 4.01. The molecule has 0 saturated carbocycles. The molecular weight excluding hydrogens is 273 g/mol. The minimum absolute atomic E-state index is 0.187. The van der Waals surface area contributed by atoms with Crippen LogP contribution in [0.4, 0.5) is 13.2 Å².